The van der Waals surface area contributed by atoms with Crippen LogP contribution in [0.15, 0.2) is 205 Å². The first-order valence-corrected chi connectivity index (χ1v) is 17.0. The highest BCUT2D eigenvalue weighted by Gasteiger charge is 2.16. The first-order valence-electron chi connectivity index (χ1n) is 17.0. The lowest BCUT2D eigenvalue weighted by atomic mass is 9.97. The highest BCUT2D eigenvalue weighted by molar-refractivity contribution is 5.90. The molecule has 0 aliphatic heterocycles. The zero-order valence-electron chi connectivity index (χ0n) is 27.4. The van der Waals surface area contributed by atoms with Crippen LogP contribution in [0.4, 0.5) is 17.1 Å². The van der Waals surface area contributed by atoms with Gasteiger partial charge in [0.25, 0.3) is 0 Å². The van der Waals surface area contributed by atoms with Crippen molar-refractivity contribution in [3.63, 3.8) is 0 Å². The fraction of sp³-hybridized carbons (Fsp3) is 0. The summed E-state index contributed by atoms with van der Waals surface area (Å²) in [5, 5.41) is 3.60. The lowest BCUT2D eigenvalue weighted by Gasteiger charge is -2.26. The summed E-state index contributed by atoms with van der Waals surface area (Å²) in [4.78, 5) is 2.34. The van der Waals surface area contributed by atoms with Gasteiger partial charge in [0.05, 0.1) is 0 Å². The van der Waals surface area contributed by atoms with Gasteiger partial charge in [0.15, 0.2) is 0 Å². The van der Waals surface area contributed by atoms with Gasteiger partial charge in [-0.25, -0.2) is 0 Å². The molecule has 9 aromatic rings. The van der Waals surface area contributed by atoms with E-state index in [0.29, 0.717) is 0 Å². The predicted octanol–water partition coefficient (Wildman–Crippen LogP) is 13.7. The van der Waals surface area contributed by atoms with Crippen LogP contribution >= 0.6 is 0 Å². The topological polar surface area (TPSA) is 16.4 Å². The predicted molar refractivity (Wildman–Crippen MR) is 210 cm³/mol. The molecule has 0 aliphatic carbocycles. The molecular weight excluding hydrogens is 607 g/mol. The third-order valence-electron chi connectivity index (χ3n) is 9.47. The molecule has 0 radical (unpaired) electrons. The zero-order chi connectivity index (χ0) is 33.3. The Kier molecular flexibility index (Phi) is 7.53. The van der Waals surface area contributed by atoms with Crippen molar-refractivity contribution in [2.45, 2.75) is 0 Å². The van der Waals surface area contributed by atoms with Crippen LogP contribution in [0.3, 0.4) is 0 Å². The Morgan fingerprint density at radius 2 is 0.860 bits per heavy atom. The standard InChI is InChI=1S/C48H33NO/c1-2-11-34(12-3-1)39-16-10-17-44(32-39)49(42-27-23-36(24-28-42)40-22-21-35-13-4-5-14-38(35)31-40)43-29-25-37(26-30-43)45-18-7-8-19-46(45)48-33-41-15-6-9-20-47(41)50-48/h1-33H. The van der Waals surface area contributed by atoms with Crippen LogP contribution < -0.4 is 4.90 Å². The summed E-state index contributed by atoms with van der Waals surface area (Å²) in [6, 6.07) is 71.1. The van der Waals surface area contributed by atoms with Crippen molar-refractivity contribution in [2.24, 2.45) is 0 Å². The second-order valence-corrected chi connectivity index (χ2v) is 12.6. The molecule has 9 rings (SSSR count). The summed E-state index contributed by atoms with van der Waals surface area (Å²) in [5.74, 6) is 0.872. The quantitative estimate of drug-likeness (QED) is 0.173. The number of anilines is 3. The molecule has 2 heteroatoms. The number of furan rings is 1. The summed E-state index contributed by atoms with van der Waals surface area (Å²) in [6.07, 6.45) is 0. The van der Waals surface area contributed by atoms with Crippen LogP contribution in [-0.4, -0.2) is 0 Å². The number of hydrogen-bond acceptors (Lipinski definition) is 2. The second kappa shape index (κ2) is 12.8. The molecule has 1 heterocycles. The molecule has 1 aromatic heterocycles. The Morgan fingerprint density at radius 1 is 0.300 bits per heavy atom. The van der Waals surface area contributed by atoms with E-state index in [1.54, 1.807) is 0 Å². The highest BCUT2D eigenvalue weighted by atomic mass is 16.3. The number of para-hydroxylation sites is 1. The van der Waals surface area contributed by atoms with Crippen LogP contribution in [0.2, 0.25) is 0 Å². The minimum absolute atomic E-state index is 0.872. The molecule has 0 fully saturated rings. The number of benzene rings is 8. The maximum absolute atomic E-state index is 6.30. The summed E-state index contributed by atoms with van der Waals surface area (Å²) < 4.78 is 6.30. The van der Waals surface area contributed by atoms with Crippen LogP contribution in [0, 0.1) is 0 Å². The normalized spacial score (nSPS) is 11.2. The molecule has 0 spiro atoms. The summed E-state index contributed by atoms with van der Waals surface area (Å²) >= 11 is 0. The molecule has 50 heavy (non-hydrogen) atoms. The average molecular weight is 640 g/mol. The molecule has 0 saturated heterocycles. The van der Waals surface area contributed by atoms with Crippen LogP contribution in [0.5, 0.6) is 0 Å². The van der Waals surface area contributed by atoms with E-state index in [1.807, 2.05) is 18.2 Å². The van der Waals surface area contributed by atoms with E-state index in [0.717, 1.165) is 50.5 Å². The van der Waals surface area contributed by atoms with Gasteiger partial charge in [-0.3, -0.25) is 0 Å². The fourth-order valence-electron chi connectivity index (χ4n) is 6.93. The highest BCUT2D eigenvalue weighted by Crippen LogP contribution is 2.40. The Bertz CT molecular complexity index is 2550. The van der Waals surface area contributed by atoms with Gasteiger partial charge in [-0.2, -0.15) is 0 Å². The van der Waals surface area contributed by atoms with Gasteiger partial charge in [0.2, 0.25) is 0 Å². The van der Waals surface area contributed by atoms with E-state index < -0.39 is 0 Å². The third-order valence-corrected chi connectivity index (χ3v) is 9.47. The van der Waals surface area contributed by atoms with Gasteiger partial charge in [-0.05, 0) is 98.8 Å². The lowest BCUT2D eigenvalue weighted by Crippen LogP contribution is -2.10. The Hall–Kier alpha value is -6.64. The van der Waals surface area contributed by atoms with E-state index in [4.69, 9.17) is 4.42 Å². The first-order chi connectivity index (χ1) is 24.8. The van der Waals surface area contributed by atoms with E-state index in [1.165, 1.54) is 33.0 Å². The summed E-state index contributed by atoms with van der Waals surface area (Å²) in [5.41, 5.74) is 12.3. The average Bonchev–Trinajstić information content (AvgIpc) is 3.63. The fourth-order valence-corrected chi connectivity index (χ4v) is 6.93. The first kappa shape index (κ1) is 29.5. The van der Waals surface area contributed by atoms with E-state index in [9.17, 15) is 0 Å². The Balaban J connectivity index is 1.11. The molecule has 0 bridgehead atoms. The van der Waals surface area contributed by atoms with Crippen molar-refractivity contribution in [3.8, 4) is 44.7 Å². The van der Waals surface area contributed by atoms with Gasteiger partial charge in [0.1, 0.15) is 11.3 Å². The van der Waals surface area contributed by atoms with Crippen molar-refractivity contribution in [1.29, 1.82) is 0 Å². The van der Waals surface area contributed by atoms with Crippen molar-refractivity contribution in [1.82, 2.24) is 0 Å². The number of nitrogens with zero attached hydrogens (tertiary/aromatic N) is 1. The largest absolute Gasteiger partial charge is 0.456 e. The lowest BCUT2D eigenvalue weighted by molar-refractivity contribution is 0.632. The Labute approximate surface area is 292 Å². The monoisotopic (exact) mass is 639 g/mol. The van der Waals surface area contributed by atoms with Gasteiger partial charge in [-0.15, -0.1) is 0 Å². The SMILES string of the molecule is c1ccc(-c2cccc(N(c3ccc(-c4ccc5ccccc5c4)cc3)c3ccc(-c4ccccc4-c4cc5ccccc5o4)cc3)c2)cc1. The number of hydrogen-bond donors (Lipinski definition) is 0. The van der Waals surface area contributed by atoms with Crippen LogP contribution in [0.25, 0.3) is 66.4 Å². The molecule has 0 aliphatic rings. The maximum Gasteiger partial charge on any atom is 0.136 e. The molecule has 0 unspecified atom stereocenters. The van der Waals surface area contributed by atoms with Crippen LogP contribution in [0.1, 0.15) is 0 Å². The molecule has 236 valence electrons. The second-order valence-electron chi connectivity index (χ2n) is 12.6. The van der Waals surface area contributed by atoms with Crippen molar-refractivity contribution in [3.05, 3.63) is 200 Å². The van der Waals surface area contributed by atoms with E-state index in [2.05, 4.69) is 187 Å². The number of rotatable bonds is 7. The molecule has 0 N–H and O–H groups in total. The van der Waals surface area contributed by atoms with Gasteiger partial charge in [0, 0.05) is 28.0 Å². The zero-order valence-corrected chi connectivity index (χ0v) is 27.4. The molecular formula is C48H33NO. The van der Waals surface area contributed by atoms with E-state index in [-0.39, 0.29) is 0 Å². The third kappa shape index (κ3) is 5.63. The van der Waals surface area contributed by atoms with Crippen molar-refractivity contribution >= 4 is 38.8 Å². The van der Waals surface area contributed by atoms with Gasteiger partial charge in [-0.1, -0.05) is 146 Å². The smallest absolute Gasteiger partial charge is 0.136 e. The molecule has 0 amide bonds. The van der Waals surface area contributed by atoms with Crippen molar-refractivity contribution < 1.29 is 4.42 Å². The van der Waals surface area contributed by atoms with Crippen molar-refractivity contribution in [2.75, 3.05) is 4.90 Å². The summed E-state index contributed by atoms with van der Waals surface area (Å²) in [7, 11) is 0. The maximum atomic E-state index is 6.30. The van der Waals surface area contributed by atoms with E-state index >= 15 is 0 Å². The minimum atomic E-state index is 0.872. The minimum Gasteiger partial charge on any atom is -0.456 e. The number of fused-ring (bicyclic) bond motifs is 2. The van der Waals surface area contributed by atoms with Crippen LogP contribution in [-0.2, 0) is 0 Å². The van der Waals surface area contributed by atoms with Gasteiger partial charge < -0.3 is 9.32 Å². The molecule has 8 aromatic carbocycles. The summed E-state index contributed by atoms with van der Waals surface area (Å²) in [6.45, 7) is 0. The molecule has 0 saturated carbocycles. The molecule has 2 nitrogen and oxygen atoms in total. The van der Waals surface area contributed by atoms with Gasteiger partial charge >= 0.3 is 0 Å². The Morgan fingerprint density at radius 3 is 1.62 bits per heavy atom. The molecule has 0 atom stereocenters.